The number of benzene rings is 2. The molecule has 0 radical (unpaired) electrons. The monoisotopic (exact) mass is 275 g/mol. The summed E-state index contributed by atoms with van der Waals surface area (Å²) >= 11 is 0. The molecule has 0 aliphatic heterocycles. The van der Waals surface area contributed by atoms with E-state index < -0.39 is 0 Å². The lowest BCUT2D eigenvalue weighted by molar-refractivity contribution is 0.757. The van der Waals surface area contributed by atoms with E-state index in [-0.39, 0.29) is 0 Å². The van der Waals surface area contributed by atoms with E-state index in [1.807, 2.05) is 18.2 Å². The minimum Gasteiger partial charge on any atom is -0.383 e. The van der Waals surface area contributed by atoms with Crippen molar-refractivity contribution in [3.63, 3.8) is 0 Å². The number of aryl methyl sites for hydroxylation is 1. The molecule has 0 atom stereocenters. The summed E-state index contributed by atoms with van der Waals surface area (Å²) in [5.74, 6) is 0. The van der Waals surface area contributed by atoms with E-state index in [9.17, 15) is 0 Å². The predicted octanol–water partition coefficient (Wildman–Crippen LogP) is 3.93. The average Bonchev–Trinajstić information content (AvgIpc) is 2.90. The van der Waals surface area contributed by atoms with Crippen molar-refractivity contribution in [2.45, 2.75) is 13.5 Å². The van der Waals surface area contributed by atoms with E-state index in [4.69, 9.17) is 5.26 Å². The lowest BCUT2D eigenvalue weighted by Gasteiger charge is -2.09. The van der Waals surface area contributed by atoms with Crippen molar-refractivity contribution in [3.8, 4) is 6.07 Å². The lowest BCUT2D eigenvalue weighted by Crippen LogP contribution is -2.09. The Balaban J connectivity index is 1.72. The van der Waals surface area contributed by atoms with Crippen molar-refractivity contribution in [2.75, 3.05) is 11.9 Å². The van der Waals surface area contributed by atoms with Crippen molar-refractivity contribution in [1.29, 1.82) is 5.26 Å². The number of nitrogens with zero attached hydrogens (tertiary/aromatic N) is 2. The summed E-state index contributed by atoms with van der Waals surface area (Å²) in [4.78, 5) is 0. The summed E-state index contributed by atoms with van der Waals surface area (Å²) in [7, 11) is 0. The third kappa shape index (κ3) is 2.90. The number of nitrogens with one attached hydrogen (secondary N) is 1. The Hall–Kier alpha value is -2.73. The van der Waals surface area contributed by atoms with Crippen molar-refractivity contribution >= 4 is 16.6 Å². The summed E-state index contributed by atoms with van der Waals surface area (Å²) in [5.41, 5.74) is 4.21. The van der Waals surface area contributed by atoms with Crippen molar-refractivity contribution in [1.82, 2.24) is 4.57 Å². The molecule has 3 heteroatoms. The second-order valence-electron chi connectivity index (χ2n) is 5.19. The van der Waals surface area contributed by atoms with Crippen molar-refractivity contribution in [3.05, 3.63) is 65.9 Å². The summed E-state index contributed by atoms with van der Waals surface area (Å²) in [6.07, 6.45) is 2.07. The van der Waals surface area contributed by atoms with Crippen LogP contribution in [0.5, 0.6) is 0 Å². The number of nitriles is 1. The van der Waals surface area contributed by atoms with Gasteiger partial charge in [-0.25, -0.2) is 0 Å². The molecule has 0 unspecified atom stereocenters. The maximum absolute atomic E-state index is 9.00. The molecule has 3 aromatic rings. The molecule has 3 rings (SSSR count). The van der Waals surface area contributed by atoms with Crippen LogP contribution in [0.25, 0.3) is 10.9 Å². The topological polar surface area (TPSA) is 40.8 Å². The first-order valence-electron chi connectivity index (χ1n) is 7.06. The Morgan fingerprint density at radius 1 is 1.14 bits per heavy atom. The molecule has 21 heavy (non-hydrogen) atoms. The Morgan fingerprint density at radius 2 is 2.05 bits per heavy atom. The van der Waals surface area contributed by atoms with Gasteiger partial charge in [0.1, 0.15) is 0 Å². The van der Waals surface area contributed by atoms with Gasteiger partial charge in [0.05, 0.1) is 11.6 Å². The number of aromatic nitrogens is 1. The zero-order chi connectivity index (χ0) is 14.7. The van der Waals surface area contributed by atoms with Gasteiger partial charge in [0, 0.05) is 30.5 Å². The van der Waals surface area contributed by atoms with Crippen LogP contribution in [0.3, 0.4) is 0 Å². The molecule has 2 aromatic carbocycles. The molecule has 1 heterocycles. The smallest absolute Gasteiger partial charge is 0.0992 e. The number of hydrogen-bond donors (Lipinski definition) is 1. The molecule has 0 spiro atoms. The summed E-state index contributed by atoms with van der Waals surface area (Å²) in [6.45, 7) is 3.81. The first-order valence-corrected chi connectivity index (χ1v) is 7.06. The lowest BCUT2D eigenvalue weighted by atomic mass is 10.2. The van der Waals surface area contributed by atoms with Crippen LogP contribution in [0.1, 0.15) is 11.1 Å². The molecule has 0 aliphatic carbocycles. The highest BCUT2D eigenvalue weighted by atomic mass is 15.0. The zero-order valence-corrected chi connectivity index (χ0v) is 12.0. The SMILES string of the molecule is Cc1cccc(NCCn2ccc3ccc(C#N)cc32)c1. The fourth-order valence-corrected chi connectivity index (χ4v) is 2.52. The van der Waals surface area contributed by atoms with E-state index in [0.717, 1.165) is 24.3 Å². The third-order valence-corrected chi connectivity index (χ3v) is 3.60. The molecule has 0 amide bonds. The van der Waals surface area contributed by atoms with Gasteiger partial charge in [-0.1, -0.05) is 18.2 Å². The number of hydrogen-bond acceptors (Lipinski definition) is 2. The molecule has 1 aromatic heterocycles. The molecule has 0 aliphatic rings. The Kier molecular flexibility index (Phi) is 3.61. The van der Waals surface area contributed by atoms with Gasteiger partial charge in [-0.05, 0) is 48.2 Å². The van der Waals surface area contributed by atoms with Crippen molar-refractivity contribution in [2.24, 2.45) is 0 Å². The summed E-state index contributed by atoms with van der Waals surface area (Å²) in [6, 6.07) is 18.5. The normalized spacial score (nSPS) is 10.5. The number of anilines is 1. The first kappa shape index (κ1) is 13.3. The molecule has 3 nitrogen and oxygen atoms in total. The zero-order valence-electron chi connectivity index (χ0n) is 12.0. The van der Waals surface area contributed by atoms with Gasteiger partial charge in [-0.3, -0.25) is 0 Å². The molecule has 1 N–H and O–H groups in total. The highest BCUT2D eigenvalue weighted by molar-refractivity contribution is 5.81. The Bertz CT molecular complexity index is 809. The van der Waals surface area contributed by atoms with Crippen LogP contribution < -0.4 is 5.32 Å². The van der Waals surface area contributed by atoms with Gasteiger partial charge < -0.3 is 9.88 Å². The third-order valence-electron chi connectivity index (χ3n) is 3.60. The van der Waals surface area contributed by atoms with Crippen LogP contribution in [-0.4, -0.2) is 11.1 Å². The van der Waals surface area contributed by atoms with Gasteiger partial charge in [0.15, 0.2) is 0 Å². The summed E-state index contributed by atoms with van der Waals surface area (Å²) < 4.78 is 2.18. The van der Waals surface area contributed by atoms with Crippen LogP contribution >= 0.6 is 0 Å². The van der Waals surface area contributed by atoms with E-state index in [1.165, 1.54) is 10.9 Å². The fourth-order valence-electron chi connectivity index (χ4n) is 2.52. The number of rotatable bonds is 4. The van der Waals surface area contributed by atoms with Crippen molar-refractivity contribution < 1.29 is 0 Å². The quantitative estimate of drug-likeness (QED) is 0.783. The average molecular weight is 275 g/mol. The molecule has 0 fully saturated rings. The molecular formula is C18H17N3. The van der Waals surface area contributed by atoms with Crippen LogP contribution in [0, 0.1) is 18.3 Å². The van der Waals surface area contributed by atoms with E-state index in [1.54, 1.807) is 0 Å². The van der Waals surface area contributed by atoms with E-state index in [2.05, 4.69) is 59.4 Å². The summed E-state index contributed by atoms with van der Waals surface area (Å²) in [5, 5.41) is 13.6. The molecule has 104 valence electrons. The van der Waals surface area contributed by atoms with Gasteiger partial charge >= 0.3 is 0 Å². The minimum absolute atomic E-state index is 0.703. The first-order chi connectivity index (χ1) is 10.3. The van der Waals surface area contributed by atoms with E-state index >= 15 is 0 Å². The standard InChI is InChI=1S/C18H17N3/c1-14-3-2-4-17(11-14)20-8-10-21-9-7-16-6-5-15(13-19)12-18(16)21/h2-7,9,11-12,20H,8,10H2,1H3. The fraction of sp³-hybridized carbons (Fsp3) is 0.167. The molecule has 0 saturated carbocycles. The van der Waals surface area contributed by atoms with Crippen LogP contribution in [-0.2, 0) is 6.54 Å². The Morgan fingerprint density at radius 3 is 2.86 bits per heavy atom. The van der Waals surface area contributed by atoms with Crippen LogP contribution in [0.15, 0.2) is 54.7 Å². The molecule has 0 saturated heterocycles. The Labute approximate surface area is 124 Å². The van der Waals surface area contributed by atoms with Gasteiger partial charge in [0.2, 0.25) is 0 Å². The van der Waals surface area contributed by atoms with Crippen LogP contribution in [0.4, 0.5) is 5.69 Å². The largest absolute Gasteiger partial charge is 0.383 e. The molecule has 0 bridgehead atoms. The number of fused-ring (bicyclic) bond motifs is 1. The van der Waals surface area contributed by atoms with Gasteiger partial charge in [-0.2, -0.15) is 5.26 Å². The van der Waals surface area contributed by atoms with Crippen LogP contribution in [0.2, 0.25) is 0 Å². The predicted molar refractivity (Wildman–Crippen MR) is 86.3 cm³/mol. The van der Waals surface area contributed by atoms with Gasteiger partial charge in [-0.15, -0.1) is 0 Å². The van der Waals surface area contributed by atoms with E-state index in [0.29, 0.717) is 5.56 Å². The molecular weight excluding hydrogens is 258 g/mol. The minimum atomic E-state index is 0.703. The maximum atomic E-state index is 9.00. The second-order valence-corrected chi connectivity index (χ2v) is 5.19. The highest BCUT2D eigenvalue weighted by Crippen LogP contribution is 2.17. The maximum Gasteiger partial charge on any atom is 0.0992 e. The van der Waals surface area contributed by atoms with Gasteiger partial charge in [0.25, 0.3) is 0 Å². The highest BCUT2D eigenvalue weighted by Gasteiger charge is 2.02. The second kappa shape index (κ2) is 5.72.